The van der Waals surface area contributed by atoms with Gasteiger partial charge >= 0.3 is 0 Å². The Kier molecular flexibility index (Phi) is 9.33. The van der Waals surface area contributed by atoms with E-state index < -0.39 is 11.6 Å². The van der Waals surface area contributed by atoms with Crippen molar-refractivity contribution in [3.8, 4) is 0 Å². The van der Waals surface area contributed by atoms with E-state index in [-0.39, 0.29) is 23.3 Å². The molecule has 5 rings (SSSR count). The molecule has 1 saturated heterocycles. The van der Waals surface area contributed by atoms with Crippen molar-refractivity contribution in [3.63, 3.8) is 0 Å². The van der Waals surface area contributed by atoms with E-state index in [0.29, 0.717) is 11.3 Å². The molecule has 0 bridgehead atoms. The maximum absolute atomic E-state index is 15.1. The van der Waals surface area contributed by atoms with Crippen molar-refractivity contribution in [3.05, 3.63) is 65.7 Å². The van der Waals surface area contributed by atoms with Crippen LogP contribution >= 0.6 is 0 Å². The number of benzene rings is 1. The van der Waals surface area contributed by atoms with Gasteiger partial charge in [0.2, 0.25) is 0 Å². The van der Waals surface area contributed by atoms with Crippen molar-refractivity contribution in [2.75, 3.05) is 25.1 Å². The Labute approximate surface area is 197 Å². The number of nitrogens with zero attached hydrogens (tertiary/aromatic N) is 3. The number of anilines is 1. The van der Waals surface area contributed by atoms with Gasteiger partial charge in [-0.1, -0.05) is 19.3 Å². The second kappa shape index (κ2) is 12.4. The van der Waals surface area contributed by atoms with Crippen molar-refractivity contribution in [2.24, 2.45) is 0 Å². The number of halogens is 3. The van der Waals surface area contributed by atoms with E-state index in [1.165, 1.54) is 17.1 Å². The highest BCUT2D eigenvalue weighted by Crippen LogP contribution is 2.28. The number of carbonyl (C=O) groups excluding carboxylic acids is 1. The van der Waals surface area contributed by atoms with Gasteiger partial charge in [0.1, 0.15) is 17.2 Å². The van der Waals surface area contributed by atoms with Gasteiger partial charge in [-0.05, 0) is 56.0 Å². The minimum absolute atomic E-state index is 0.200. The number of hydrogen-bond acceptors (Lipinski definition) is 4. The molecule has 3 heterocycles. The summed E-state index contributed by atoms with van der Waals surface area (Å²) in [5.74, 6) is -1.38. The first-order valence-electron chi connectivity index (χ1n) is 11.6. The third-order valence-corrected chi connectivity index (χ3v) is 6.04. The summed E-state index contributed by atoms with van der Waals surface area (Å²) in [6, 6.07) is 6.27. The summed E-state index contributed by atoms with van der Waals surface area (Å²) >= 11 is 0. The summed E-state index contributed by atoms with van der Waals surface area (Å²) in [6.45, 7) is 1.73. The largest absolute Gasteiger partial charge is 0.400 e. The number of aromatic nitrogens is 2. The van der Waals surface area contributed by atoms with Crippen LogP contribution in [0.1, 0.15) is 55.3 Å². The van der Waals surface area contributed by atoms with E-state index in [9.17, 15) is 13.6 Å². The van der Waals surface area contributed by atoms with E-state index >= 15 is 4.39 Å². The molecule has 0 unspecified atom stereocenters. The van der Waals surface area contributed by atoms with Crippen LogP contribution in [0.3, 0.4) is 0 Å². The number of aliphatic hydroxyl groups excluding tert-OH is 1. The summed E-state index contributed by atoms with van der Waals surface area (Å²) in [7, 11) is 1.00. The summed E-state index contributed by atoms with van der Waals surface area (Å²) in [6.07, 6.45) is 10.9. The van der Waals surface area contributed by atoms with Crippen LogP contribution < -0.4 is 10.2 Å². The molecule has 3 aromatic rings. The second-order valence-corrected chi connectivity index (χ2v) is 8.31. The molecule has 1 amide bonds. The normalized spacial score (nSPS) is 15.9. The Morgan fingerprint density at radius 1 is 0.941 bits per heavy atom. The molecule has 0 spiro atoms. The number of carbonyl (C=O) groups is 1. The Balaban J connectivity index is 0.000000274. The zero-order chi connectivity index (χ0) is 24.5. The monoisotopic (exact) mass is 476 g/mol. The first-order chi connectivity index (χ1) is 16.5. The van der Waals surface area contributed by atoms with Crippen LogP contribution in [-0.4, -0.2) is 46.9 Å². The number of hydrogen-bond donors (Lipinski definition) is 2. The maximum Gasteiger partial charge on any atom is 0.255 e. The highest BCUT2D eigenvalue weighted by molar-refractivity contribution is 6.01. The molecule has 1 aliphatic heterocycles. The van der Waals surface area contributed by atoms with Crippen LogP contribution in [-0.2, 0) is 0 Å². The zero-order valence-electron chi connectivity index (χ0n) is 19.3. The third kappa shape index (κ3) is 6.28. The minimum Gasteiger partial charge on any atom is -0.400 e. The van der Waals surface area contributed by atoms with Gasteiger partial charge in [-0.15, -0.1) is 0 Å². The van der Waals surface area contributed by atoms with Gasteiger partial charge in [0.15, 0.2) is 5.82 Å². The van der Waals surface area contributed by atoms with Crippen molar-refractivity contribution < 1.29 is 23.1 Å². The van der Waals surface area contributed by atoms with E-state index in [1.54, 1.807) is 12.3 Å². The molecule has 2 aromatic heterocycles. The predicted molar refractivity (Wildman–Crippen MR) is 125 cm³/mol. The van der Waals surface area contributed by atoms with Crippen LogP contribution in [0.15, 0.2) is 42.7 Å². The molecular formula is C25H31F3N4O2. The summed E-state index contributed by atoms with van der Waals surface area (Å²) in [4.78, 5) is 14.7. The quantitative estimate of drug-likeness (QED) is 0.575. The number of amides is 1. The maximum atomic E-state index is 15.1. The lowest BCUT2D eigenvalue weighted by atomic mass is 9.95. The van der Waals surface area contributed by atoms with Gasteiger partial charge in [-0.2, -0.15) is 5.10 Å². The molecule has 184 valence electrons. The number of fused-ring (bicyclic) bond motifs is 1. The van der Waals surface area contributed by atoms with Crippen LogP contribution in [0.2, 0.25) is 0 Å². The molecule has 2 N–H and O–H groups in total. The molecule has 1 saturated carbocycles. The van der Waals surface area contributed by atoms with Gasteiger partial charge in [0.25, 0.3) is 5.91 Å². The number of pyridine rings is 1. The number of aliphatic hydroxyl groups is 1. The lowest BCUT2D eigenvalue weighted by Crippen LogP contribution is -2.36. The highest BCUT2D eigenvalue weighted by Gasteiger charge is 2.24. The standard InChI is InChI=1S/C18H23FN4O.C6H4F2.CH4O/c19-16-15(22-9-4-5-10-22)8-11-23-17(16)14(12-20-23)18(24)21-13-6-2-1-3-7-13;7-5-1-2-6(8)4-3-5;1-2/h8,11-13H,1-7,9-10H2,(H,21,24);1-4H;2H,1H3. The second-order valence-electron chi connectivity index (χ2n) is 8.31. The predicted octanol–water partition coefficient (Wildman–Crippen LogP) is 4.71. The molecule has 0 radical (unpaired) electrons. The van der Waals surface area contributed by atoms with Gasteiger partial charge in [0, 0.05) is 32.4 Å². The van der Waals surface area contributed by atoms with E-state index in [4.69, 9.17) is 5.11 Å². The zero-order valence-corrected chi connectivity index (χ0v) is 19.3. The van der Waals surface area contributed by atoms with Gasteiger partial charge in [-0.3, -0.25) is 4.79 Å². The fourth-order valence-electron chi connectivity index (χ4n) is 4.34. The van der Waals surface area contributed by atoms with Gasteiger partial charge in [0.05, 0.1) is 17.4 Å². The van der Waals surface area contributed by atoms with E-state index in [0.717, 1.165) is 83.0 Å². The molecule has 9 heteroatoms. The van der Waals surface area contributed by atoms with Crippen molar-refractivity contribution >= 4 is 17.1 Å². The Morgan fingerprint density at radius 3 is 2.12 bits per heavy atom. The summed E-state index contributed by atoms with van der Waals surface area (Å²) in [5.41, 5.74) is 1.19. The molecule has 0 atom stereocenters. The van der Waals surface area contributed by atoms with Crippen LogP contribution in [0, 0.1) is 17.5 Å². The van der Waals surface area contributed by atoms with Crippen molar-refractivity contribution in [1.82, 2.24) is 14.9 Å². The van der Waals surface area contributed by atoms with E-state index in [1.807, 2.05) is 4.90 Å². The smallest absolute Gasteiger partial charge is 0.255 e. The SMILES string of the molecule is CO.Fc1ccc(F)cc1.O=C(NC1CCCCC1)c1cnn2ccc(N3CCCC3)c(F)c12. The van der Waals surface area contributed by atoms with Crippen LogP contribution in [0.25, 0.3) is 5.52 Å². The lowest BCUT2D eigenvalue weighted by molar-refractivity contribution is 0.0929. The third-order valence-electron chi connectivity index (χ3n) is 6.04. The number of rotatable bonds is 3. The topological polar surface area (TPSA) is 69.9 Å². The molecule has 1 aromatic carbocycles. The Bertz CT molecular complexity index is 1040. The van der Waals surface area contributed by atoms with Crippen LogP contribution in [0.5, 0.6) is 0 Å². The molecular weight excluding hydrogens is 445 g/mol. The highest BCUT2D eigenvalue weighted by atomic mass is 19.1. The fraction of sp³-hybridized carbons (Fsp3) is 0.440. The molecule has 34 heavy (non-hydrogen) atoms. The summed E-state index contributed by atoms with van der Waals surface area (Å²) in [5, 5.41) is 14.2. The van der Waals surface area contributed by atoms with Crippen LogP contribution in [0.4, 0.5) is 18.9 Å². The fourth-order valence-corrected chi connectivity index (χ4v) is 4.34. The van der Waals surface area contributed by atoms with Crippen molar-refractivity contribution in [2.45, 2.75) is 51.0 Å². The summed E-state index contributed by atoms with van der Waals surface area (Å²) < 4.78 is 40.4. The minimum atomic E-state index is -0.411. The molecule has 1 aliphatic carbocycles. The van der Waals surface area contributed by atoms with Gasteiger partial charge in [-0.25, -0.2) is 17.7 Å². The Morgan fingerprint density at radius 2 is 1.53 bits per heavy atom. The molecule has 2 fully saturated rings. The van der Waals surface area contributed by atoms with Gasteiger partial charge < -0.3 is 15.3 Å². The first kappa shape index (κ1) is 25.6. The molecule has 6 nitrogen and oxygen atoms in total. The average molecular weight is 477 g/mol. The molecule has 2 aliphatic rings. The lowest BCUT2D eigenvalue weighted by Gasteiger charge is -2.22. The van der Waals surface area contributed by atoms with Crippen molar-refractivity contribution in [1.29, 1.82) is 0 Å². The number of nitrogens with one attached hydrogen (secondary N) is 1. The first-order valence-corrected chi connectivity index (χ1v) is 11.6. The average Bonchev–Trinajstić information content (AvgIpc) is 3.54. The van der Waals surface area contributed by atoms with E-state index in [2.05, 4.69) is 10.4 Å². The Hall–Kier alpha value is -3.07.